The van der Waals surface area contributed by atoms with E-state index in [1.54, 1.807) is 0 Å². The van der Waals surface area contributed by atoms with Crippen molar-refractivity contribution < 1.29 is 28.5 Å². The number of hydrogen-bond donors (Lipinski definition) is 0. The molecule has 9 rings (SSSR count). The molecule has 4 aromatic carbocycles. The monoisotopic (exact) mass is 584 g/mol. The van der Waals surface area contributed by atoms with Gasteiger partial charge in [-0.1, -0.05) is 60.7 Å². The Hall–Kier alpha value is -4.58. The van der Waals surface area contributed by atoms with Gasteiger partial charge >= 0.3 is 0 Å². The molecule has 4 aliphatic heterocycles. The van der Waals surface area contributed by atoms with Crippen molar-refractivity contribution in [3.05, 3.63) is 107 Å². The highest BCUT2D eigenvalue weighted by Gasteiger charge is 2.60. The first-order valence-electron chi connectivity index (χ1n) is 15.4. The summed E-state index contributed by atoms with van der Waals surface area (Å²) in [6.45, 7) is 8.93. The topological polar surface area (TPSA) is 71.1 Å². The van der Waals surface area contributed by atoms with Crippen LogP contribution in [0.4, 0.5) is 0 Å². The molecule has 0 amide bonds. The second kappa shape index (κ2) is 8.53. The zero-order chi connectivity index (χ0) is 30.1. The molecule has 6 heteroatoms. The third kappa shape index (κ3) is 3.26. The summed E-state index contributed by atoms with van der Waals surface area (Å²) in [7, 11) is 0. The number of carbonyl (C=O) groups excluding carboxylic acids is 2. The minimum absolute atomic E-state index is 0.185. The van der Waals surface area contributed by atoms with E-state index in [1.807, 2.05) is 76.2 Å². The Balaban J connectivity index is 1.35. The summed E-state index contributed by atoms with van der Waals surface area (Å²) >= 11 is 0. The van der Waals surface area contributed by atoms with Crippen molar-refractivity contribution in [3.63, 3.8) is 0 Å². The first-order valence-corrected chi connectivity index (χ1v) is 15.4. The minimum Gasteiger partial charge on any atom is -0.493 e. The molecule has 0 bridgehead atoms. The summed E-state index contributed by atoms with van der Waals surface area (Å²) < 4.78 is 26.3. The Bertz CT molecular complexity index is 1900. The van der Waals surface area contributed by atoms with E-state index in [0.717, 1.165) is 44.2 Å². The smallest absolute Gasteiger partial charge is 0.233 e. The summed E-state index contributed by atoms with van der Waals surface area (Å²) in [6, 6.07) is 24.3. The summed E-state index contributed by atoms with van der Waals surface area (Å²) in [5.74, 6) is 0.107. The molecule has 220 valence electrons. The molecule has 0 fully saturated rings. The molecule has 6 nitrogen and oxygen atoms in total. The number of ketones is 2. The van der Waals surface area contributed by atoms with Crippen LogP contribution < -0.4 is 9.47 Å². The molecule has 44 heavy (non-hydrogen) atoms. The van der Waals surface area contributed by atoms with Gasteiger partial charge in [0.25, 0.3) is 0 Å². The van der Waals surface area contributed by atoms with Gasteiger partial charge in [0.15, 0.2) is 11.5 Å². The van der Waals surface area contributed by atoms with Crippen molar-refractivity contribution in [3.8, 4) is 11.5 Å². The second-order valence-electron chi connectivity index (χ2n) is 13.7. The SMILES string of the molecule is CC1(C)OC2=C(C(=O)C(=O)C3=C2OC(C)(C)[C@H]2COc4ccc5ccccc5c4[C@@H]32)[C@@H]2c3c(ccc4ccccc34)OC[C@@H]21. The third-order valence-electron chi connectivity index (χ3n) is 10.7. The van der Waals surface area contributed by atoms with E-state index in [9.17, 15) is 9.59 Å². The van der Waals surface area contributed by atoms with Gasteiger partial charge in [0.1, 0.15) is 22.7 Å². The van der Waals surface area contributed by atoms with Crippen molar-refractivity contribution >= 4 is 33.1 Å². The van der Waals surface area contributed by atoms with Gasteiger partial charge in [-0.3, -0.25) is 9.59 Å². The van der Waals surface area contributed by atoms with Crippen molar-refractivity contribution in [1.29, 1.82) is 0 Å². The second-order valence-corrected chi connectivity index (χ2v) is 13.7. The molecule has 0 unspecified atom stereocenters. The molecule has 4 atom stereocenters. The van der Waals surface area contributed by atoms with E-state index in [2.05, 4.69) is 24.3 Å². The fourth-order valence-electron chi connectivity index (χ4n) is 8.43. The van der Waals surface area contributed by atoms with Gasteiger partial charge in [-0.25, -0.2) is 0 Å². The van der Waals surface area contributed by atoms with Crippen LogP contribution in [-0.2, 0) is 19.1 Å². The minimum atomic E-state index is -0.707. The number of Topliss-reactive ketones (excluding diaryl/α,β-unsaturated/α-hetero) is 2. The van der Waals surface area contributed by atoms with Crippen LogP contribution in [0.2, 0.25) is 0 Å². The van der Waals surface area contributed by atoms with Crippen LogP contribution in [0.1, 0.15) is 50.7 Å². The molecule has 0 aromatic heterocycles. The lowest BCUT2D eigenvalue weighted by Crippen LogP contribution is -2.54. The van der Waals surface area contributed by atoms with E-state index in [-0.39, 0.29) is 23.7 Å². The highest BCUT2D eigenvalue weighted by molar-refractivity contribution is 6.51. The quantitative estimate of drug-likeness (QED) is 0.161. The third-order valence-corrected chi connectivity index (χ3v) is 10.7. The van der Waals surface area contributed by atoms with Crippen molar-refractivity contribution in [2.45, 2.75) is 50.7 Å². The van der Waals surface area contributed by atoms with E-state index in [0.29, 0.717) is 35.9 Å². The lowest BCUT2D eigenvalue weighted by molar-refractivity contribution is -0.140. The number of allylic oxidation sites excluding steroid dienone is 2. The van der Waals surface area contributed by atoms with Crippen molar-refractivity contribution in [2.24, 2.45) is 11.8 Å². The molecule has 1 aliphatic carbocycles. The lowest BCUT2D eigenvalue weighted by atomic mass is 9.62. The normalized spacial score (nSPS) is 27.5. The first kappa shape index (κ1) is 25.9. The fraction of sp³-hybridized carbons (Fsp3) is 0.316. The van der Waals surface area contributed by atoms with Crippen molar-refractivity contribution in [1.82, 2.24) is 0 Å². The molecule has 0 saturated heterocycles. The maximum absolute atomic E-state index is 14.6. The van der Waals surface area contributed by atoms with Gasteiger partial charge in [-0.05, 0) is 61.4 Å². The summed E-state index contributed by atoms with van der Waals surface area (Å²) in [4.78, 5) is 29.2. The zero-order valence-electron chi connectivity index (χ0n) is 25.1. The molecule has 4 heterocycles. The van der Waals surface area contributed by atoms with Crippen LogP contribution in [0.5, 0.6) is 11.5 Å². The van der Waals surface area contributed by atoms with Crippen LogP contribution >= 0.6 is 0 Å². The first-order chi connectivity index (χ1) is 21.2. The predicted octanol–water partition coefficient (Wildman–Crippen LogP) is 7.16. The van der Waals surface area contributed by atoms with Crippen LogP contribution in [-0.4, -0.2) is 36.0 Å². The fourth-order valence-corrected chi connectivity index (χ4v) is 8.43. The molecule has 0 radical (unpaired) electrons. The van der Waals surface area contributed by atoms with Gasteiger partial charge in [0, 0.05) is 34.8 Å². The summed E-state index contributed by atoms with van der Waals surface area (Å²) in [5.41, 5.74) is 1.23. The molecule has 4 aromatic rings. The van der Waals surface area contributed by atoms with E-state index in [1.165, 1.54) is 0 Å². The van der Waals surface area contributed by atoms with Crippen LogP contribution in [0, 0.1) is 11.8 Å². The molecule has 0 spiro atoms. The average Bonchev–Trinajstić information content (AvgIpc) is 3.02. The molecule has 0 N–H and O–H groups in total. The lowest BCUT2D eigenvalue weighted by Gasteiger charge is -2.53. The van der Waals surface area contributed by atoms with E-state index < -0.39 is 22.8 Å². The van der Waals surface area contributed by atoms with Gasteiger partial charge in [0.05, 0.1) is 24.4 Å². The Morgan fingerprint density at radius 1 is 0.568 bits per heavy atom. The number of fused-ring (bicyclic) bond motifs is 13. The van der Waals surface area contributed by atoms with Crippen LogP contribution in [0.3, 0.4) is 0 Å². The number of carbonyl (C=O) groups is 2. The summed E-state index contributed by atoms with van der Waals surface area (Å²) in [6.07, 6.45) is 0. The standard InChI is InChI=1S/C38H32O6/c1-37(2)23-17-41-25-15-13-19-9-5-7-11-21(19)27(25)29(23)31-33(39)34(40)32-30-24(38(3,4)44-36(32)35(31)43-37)18-42-26-16-14-20-10-6-8-12-22(20)28(26)30/h5-16,23-24,29-30H,17-18H2,1-4H3/t23-,24-,29-,30-/m0/s1. The average molecular weight is 585 g/mol. The highest BCUT2D eigenvalue weighted by Crippen LogP contribution is 2.60. The highest BCUT2D eigenvalue weighted by atomic mass is 16.6. The number of ether oxygens (including phenoxy) is 4. The summed E-state index contributed by atoms with van der Waals surface area (Å²) in [5, 5.41) is 4.14. The number of rotatable bonds is 0. The zero-order valence-corrected chi connectivity index (χ0v) is 25.1. The van der Waals surface area contributed by atoms with Crippen LogP contribution in [0.25, 0.3) is 21.5 Å². The largest absolute Gasteiger partial charge is 0.493 e. The van der Waals surface area contributed by atoms with Gasteiger partial charge in [-0.2, -0.15) is 0 Å². The van der Waals surface area contributed by atoms with Crippen LogP contribution in [0.15, 0.2) is 95.5 Å². The maximum atomic E-state index is 14.6. The Morgan fingerprint density at radius 3 is 1.41 bits per heavy atom. The van der Waals surface area contributed by atoms with Gasteiger partial charge < -0.3 is 18.9 Å². The molecular weight excluding hydrogens is 552 g/mol. The Kier molecular flexibility index (Phi) is 5.02. The predicted molar refractivity (Wildman–Crippen MR) is 166 cm³/mol. The molecular formula is C38H32O6. The number of benzene rings is 4. The Morgan fingerprint density at radius 2 is 0.977 bits per heavy atom. The number of hydrogen-bond acceptors (Lipinski definition) is 6. The Labute approximate surface area is 255 Å². The maximum Gasteiger partial charge on any atom is 0.233 e. The molecule has 0 saturated carbocycles. The molecule has 5 aliphatic rings. The van der Waals surface area contributed by atoms with Crippen molar-refractivity contribution in [2.75, 3.05) is 13.2 Å². The van der Waals surface area contributed by atoms with E-state index in [4.69, 9.17) is 18.9 Å². The van der Waals surface area contributed by atoms with Gasteiger partial charge in [-0.15, -0.1) is 0 Å². The van der Waals surface area contributed by atoms with Gasteiger partial charge in [0.2, 0.25) is 11.6 Å². The van der Waals surface area contributed by atoms with E-state index >= 15 is 0 Å².